The normalized spacial score (nSPS) is 22.2. The maximum Gasteiger partial charge on any atom is 0.255 e. The predicted octanol–water partition coefficient (Wildman–Crippen LogP) is 1.13. The largest absolute Gasteiger partial charge is 0.491 e. The van der Waals surface area contributed by atoms with Gasteiger partial charge in [0.2, 0.25) is 0 Å². The van der Waals surface area contributed by atoms with E-state index in [9.17, 15) is 9.59 Å². The smallest absolute Gasteiger partial charge is 0.255 e. The van der Waals surface area contributed by atoms with Crippen molar-refractivity contribution in [3.63, 3.8) is 0 Å². The molecule has 1 aromatic carbocycles. The molecule has 106 valence electrons. The second kappa shape index (κ2) is 5.63. The zero-order valence-corrected chi connectivity index (χ0v) is 11.3. The maximum absolute atomic E-state index is 12.4. The average Bonchev–Trinajstić information content (AvgIpc) is 2.69. The fourth-order valence-electron chi connectivity index (χ4n) is 2.68. The van der Waals surface area contributed by atoms with Crippen molar-refractivity contribution >= 4 is 11.7 Å². The van der Waals surface area contributed by atoms with E-state index in [1.165, 1.54) is 0 Å². The number of benzene rings is 1. The van der Waals surface area contributed by atoms with Crippen LogP contribution in [0.2, 0.25) is 0 Å². The van der Waals surface area contributed by atoms with E-state index >= 15 is 0 Å². The van der Waals surface area contributed by atoms with Crippen molar-refractivity contribution in [2.24, 2.45) is 0 Å². The third-order valence-electron chi connectivity index (χ3n) is 3.78. The monoisotopic (exact) mass is 274 g/mol. The van der Waals surface area contributed by atoms with Gasteiger partial charge in [0, 0.05) is 5.56 Å². The zero-order chi connectivity index (χ0) is 13.9. The third-order valence-corrected chi connectivity index (χ3v) is 3.78. The summed E-state index contributed by atoms with van der Waals surface area (Å²) in [6, 6.07) is 4.98. The van der Waals surface area contributed by atoms with Crippen molar-refractivity contribution in [3.05, 3.63) is 29.3 Å². The van der Waals surface area contributed by atoms with E-state index in [1.54, 1.807) is 18.2 Å². The molecule has 1 atom stereocenters. The molecule has 1 fully saturated rings. The van der Waals surface area contributed by atoms with Crippen LogP contribution in [0.25, 0.3) is 0 Å². The Balaban J connectivity index is 1.87. The van der Waals surface area contributed by atoms with Crippen LogP contribution < -0.4 is 15.4 Å². The molecule has 2 heterocycles. The van der Waals surface area contributed by atoms with Crippen molar-refractivity contribution in [1.29, 1.82) is 0 Å². The van der Waals surface area contributed by atoms with E-state index in [0.29, 0.717) is 30.0 Å². The number of hydrogen-bond acceptors (Lipinski definition) is 4. The van der Waals surface area contributed by atoms with Gasteiger partial charge in [-0.2, -0.15) is 0 Å². The molecular formula is C15H18N2O3. The highest BCUT2D eigenvalue weighted by molar-refractivity contribution is 6.04. The Kier molecular flexibility index (Phi) is 3.69. The standard InChI is InChI=1S/C15H18N2O3/c18-14(12-3-1-2-6-16-12)10-4-5-13-11(9-10)15(19)17-7-8-20-13/h4-5,9,12,16H,1-3,6-8H2,(H,17,19). The molecule has 0 bridgehead atoms. The van der Waals surface area contributed by atoms with Crippen molar-refractivity contribution < 1.29 is 14.3 Å². The van der Waals surface area contributed by atoms with E-state index in [0.717, 1.165) is 25.8 Å². The molecule has 2 N–H and O–H groups in total. The van der Waals surface area contributed by atoms with Crippen LogP contribution in [0, 0.1) is 0 Å². The van der Waals surface area contributed by atoms with E-state index in [1.807, 2.05) is 0 Å². The Morgan fingerprint density at radius 1 is 1.25 bits per heavy atom. The molecule has 20 heavy (non-hydrogen) atoms. The first-order valence-electron chi connectivity index (χ1n) is 7.08. The van der Waals surface area contributed by atoms with Gasteiger partial charge in [0.1, 0.15) is 12.4 Å². The van der Waals surface area contributed by atoms with Crippen molar-refractivity contribution in [1.82, 2.24) is 10.6 Å². The number of carbonyl (C=O) groups is 2. The summed E-state index contributed by atoms with van der Waals surface area (Å²) in [6.45, 7) is 1.82. The van der Waals surface area contributed by atoms with Gasteiger partial charge in [-0.1, -0.05) is 6.42 Å². The van der Waals surface area contributed by atoms with Gasteiger partial charge in [-0.15, -0.1) is 0 Å². The van der Waals surface area contributed by atoms with Gasteiger partial charge in [-0.05, 0) is 37.6 Å². The van der Waals surface area contributed by atoms with Crippen LogP contribution in [0.1, 0.15) is 40.0 Å². The molecule has 0 aromatic heterocycles. The van der Waals surface area contributed by atoms with Crippen LogP contribution in [0.15, 0.2) is 18.2 Å². The summed E-state index contributed by atoms with van der Waals surface area (Å²) in [5.74, 6) is 0.432. The summed E-state index contributed by atoms with van der Waals surface area (Å²) in [4.78, 5) is 24.4. The van der Waals surface area contributed by atoms with Gasteiger partial charge in [0.25, 0.3) is 5.91 Å². The highest BCUT2D eigenvalue weighted by Crippen LogP contribution is 2.23. The number of ketones is 1. The number of amides is 1. The lowest BCUT2D eigenvalue weighted by atomic mass is 9.95. The molecule has 1 unspecified atom stereocenters. The Bertz CT molecular complexity index is 536. The van der Waals surface area contributed by atoms with Gasteiger partial charge >= 0.3 is 0 Å². The molecule has 0 radical (unpaired) electrons. The Labute approximate surface area is 117 Å². The Hall–Kier alpha value is -1.88. The van der Waals surface area contributed by atoms with Gasteiger partial charge in [0.05, 0.1) is 18.2 Å². The van der Waals surface area contributed by atoms with Crippen LogP contribution in [-0.4, -0.2) is 37.4 Å². The molecule has 3 rings (SSSR count). The Morgan fingerprint density at radius 2 is 2.15 bits per heavy atom. The number of fused-ring (bicyclic) bond motifs is 1. The molecule has 2 aliphatic heterocycles. The molecule has 1 saturated heterocycles. The molecule has 2 aliphatic rings. The molecule has 0 saturated carbocycles. The van der Waals surface area contributed by atoms with Crippen molar-refractivity contribution in [3.8, 4) is 5.75 Å². The number of rotatable bonds is 2. The lowest BCUT2D eigenvalue weighted by Crippen LogP contribution is -2.40. The topological polar surface area (TPSA) is 67.4 Å². The van der Waals surface area contributed by atoms with Crippen molar-refractivity contribution in [2.75, 3.05) is 19.7 Å². The number of carbonyl (C=O) groups excluding carboxylic acids is 2. The summed E-state index contributed by atoms with van der Waals surface area (Å²) in [5, 5.41) is 6.00. The molecule has 0 aliphatic carbocycles. The van der Waals surface area contributed by atoms with E-state index < -0.39 is 0 Å². The summed E-state index contributed by atoms with van der Waals surface area (Å²) in [5.41, 5.74) is 1.02. The van der Waals surface area contributed by atoms with E-state index in [-0.39, 0.29) is 17.7 Å². The summed E-state index contributed by atoms with van der Waals surface area (Å²) < 4.78 is 5.49. The lowest BCUT2D eigenvalue weighted by molar-refractivity contribution is 0.0927. The lowest BCUT2D eigenvalue weighted by Gasteiger charge is -2.22. The van der Waals surface area contributed by atoms with E-state index in [4.69, 9.17) is 4.74 Å². The van der Waals surface area contributed by atoms with Crippen LogP contribution in [-0.2, 0) is 0 Å². The first kappa shape index (κ1) is 13.1. The van der Waals surface area contributed by atoms with Crippen LogP contribution in [0.3, 0.4) is 0 Å². The maximum atomic E-state index is 12.4. The number of ether oxygens (including phenoxy) is 1. The molecule has 0 spiro atoms. The first-order valence-corrected chi connectivity index (χ1v) is 7.08. The van der Waals surface area contributed by atoms with Crippen LogP contribution in [0.4, 0.5) is 0 Å². The van der Waals surface area contributed by atoms with E-state index in [2.05, 4.69) is 10.6 Å². The zero-order valence-electron chi connectivity index (χ0n) is 11.3. The van der Waals surface area contributed by atoms with Crippen LogP contribution in [0.5, 0.6) is 5.75 Å². The molecular weight excluding hydrogens is 256 g/mol. The minimum Gasteiger partial charge on any atom is -0.491 e. The fourth-order valence-corrected chi connectivity index (χ4v) is 2.68. The third kappa shape index (κ3) is 2.54. The number of piperidine rings is 1. The van der Waals surface area contributed by atoms with Crippen molar-refractivity contribution in [2.45, 2.75) is 25.3 Å². The molecule has 5 heteroatoms. The van der Waals surface area contributed by atoms with Gasteiger partial charge < -0.3 is 15.4 Å². The SMILES string of the molecule is O=C1NCCOc2ccc(C(=O)C3CCCCN3)cc21. The number of nitrogens with one attached hydrogen (secondary N) is 2. The van der Waals surface area contributed by atoms with Gasteiger partial charge in [0.15, 0.2) is 5.78 Å². The quantitative estimate of drug-likeness (QED) is 0.793. The fraction of sp³-hybridized carbons (Fsp3) is 0.467. The minimum absolute atomic E-state index is 0.0598. The number of Topliss-reactive ketones (excluding diaryl/α,β-unsaturated/α-hetero) is 1. The van der Waals surface area contributed by atoms with Gasteiger partial charge in [-0.25, -0.2) is 0 Å². The minimum atomic E-state index is -0.177. The summed E-state index contributed by atoms with van der Waals surface area (Å²) in [7, 11) is 0. The Morgan fingerprint density at radius 3 is 2.95 bits per heavy atom. The average molecular weight is 274 g/mol. The second-order valence-corrected chi connectivity index (χ2v) is 5.18. The first-order chi connectivity index (χ1) is 9.75. The molecule has 1 amide bonds. The summed E-state index contributed by atoms with van der Waals surface area (Å²) >= 11 is 0. The highest BCUT2D eigenvalue weighted by atomic mass is 16.5. The predicted molar refractivity (Wildman–Crippen MR) is 74.2 cm³/mol. The molecule has 5 nitrogen and oxygen atoms in total. The second-order valence-electron chi connectivity index (χ2n) is 5.18. The molecule has 1 aromatic rings. The summed E-state index contributed by atoms with van der Waals surface area (Å²) in [6.07, 6.45) is 3.04. The number of hydrogen-bond donors (Lipinski definition) is 2. The highest BCUT2D eigenvalue weighted by Gasteiger charge is 2.24. The van der Waals surface area contributed by atoms with Crippen LogP contribution >= 0.6 is 0 Å². The van der Waals surface area contributed by atoms with Gasteiger partial charge in [-0.3, -0.25) is 9.59 Å².